The molecule has 1 aromatic rings. The third kappa shape index (κ3) is 2.49. The van der Waals surface area contributed by atoms with Crippen LogP contribution in [0.25, 0.3) is 0 Å². The molecule has 2 heterocycles. The highest BCUT2D eigenvalue weighted by Crippen LogP contribution is 2.21. The minimum atomic E-state index is -0.515. The number of amides is 1. The topological polar surface area (TPSA) is 79.2 Å². The molecule has 1 N–H and O–H groups in total. The van der Waals surface area contributed by atoms with E-state index < -0.39 is 4.92 Å². The van der Waals surface area contributed by atoms with Crippen LogP contribution < -0.4 is 0 Å². The van der Waals surface area contributed by atoms with E-state index in [0.717, 1.165) is 11.8 Å². The van der Waals surface area contributed by atoms with Gasteiger partial charge in [-0.1, -0.05) is 15.9 Å². The van der Waals surface area contributed by atoms with Crippen LogP contribution in [-0.2, 0) is 0 Å². The van der Waals surface area contributed by atoms with Crippen molar-refractivity contribution < 1.29 is 9.72 Å². The Bertz CT molecular complexity index is 446. The van der Waals surface area contributed by atoms with Crippen LogP contribution in [0.3, 0.4) is 0 Å². The van der Waals surface area contributed by atoms with Gasteiger partial charge in [-0.2, -0.15) is 0 Å². The van der Waals surface area contributed by atoms with Crippen molar-refractivity contribution in [3.8, 4) is 0 Å². The summed E-state index contributed by atoms with van der Waals surface area (Å²) in [6.07, 6.45) is 2.21. The van der Waals surface area contributed by atoms with Gasteiger partial charge < -0.3 is 9.88 Å². The van der Waals surface area contributed by atoms with Crippen LogP contribution in [0.4, 0.5) is 5.69 Å². The Kier molecular flexibility index (Phi) is 3.46. The quantitative estimate of drug-likeness (QED) is 0.525. The summed E-state index contributed by atoms with van der Waals surface area (Å²) < 4.78 is 0. The molecule has 1 atom stereocenters. The Morgan fingerprint density at radius 1 is 1.71 bits per heavy atom. The number of alkyl halides is 1. The van der Waals surface area contributed by atoms with E-state index in [4.69, 9.17) is 0 Å². The molecule has 0 radical (unpaired) electrons. The third-order valence-corrected chi connectivity index (χ3v) is 3.82. The number of rotatable bonds is 3. The van der Waals surface area contributed by atoms with Crippen LogP contribution in [0, 0.1) is 16.0 Å². The fourth-order valence-electron chi connectivity index (χ4n) is 1.93. The number of nitrogens with zero attached hydrogens (tertiary/aromatic N) is 2. The number of hydrogen-bond donors (Lipinski definition) is 1. The number of carbonyl (C=O) groups is 1. The van der Waals surface area contributed by atoms with Gasteiger partial charge in [0.05, 0.1) is 11.1 Å². The molecule has 1 fully saturated rings. The second-order valence-corrected chi connectivity index (χ2v) is 4.74. The van der Waals surface area contributed by atoms with Crippen molar-refractivity contribution in [1.29, 1.82) is 0 Å². The van der Waals surface area contributed by atoms with E-state index in [-0.39, 0.29) is 17.3 Å². The highest BCUT2D eigenvalue weighted by molar-refractivity contribution is 9.09. The van der Waals surface area contributed by atoms with Gasteiger partial charge in [0.2, 0.25) is 0 Å². The molecule has 2 rings (SSSR count). The van der Waals surface area contributed by atoms with Gasteiger partial charge in [-0.3, -0.25) is 14.9 Å². The zero-order valence-electron chi connectivity index (χ0n) is 9.06. The molecule has 0 spiro atoms. The van der Waals surface area contributed by atoms with E-state index in [2.05, 4.69) is 20.9 Å². The molecule has 1 aliphatic rings. The number of hydrogen-bond acceptors (Lipinski definition) is 3. The molecule has 1 saturated heterocycles. The number of H-pyrrole nitrogens is 1. The summed E-state index contributed by atoms with van der Waals surface area (Å²) in [7, 11) is 0. The van der Waals surface area contributed by atoms with Gasteiger partial charge in [-0.05, 0) is 12.3 Å². The maximum absolute atomic E-state index is 12.0. The van der Waals surface area contributed by atoms with Crippen LogP contribution in [-0.4, -0.2) is 39.1 Å². The lowest BCUT2D eigenvalue weighted by Gasteiger charge is -2.14. The van der Waals surface area contributed by atoms with Crippen molar-refractivity contribution in [2.24, 2.45) is 5.92 Å². The van der Waals surface area contributed by atoms with Gasteiger partial charge in [0.15, 0.2) is 0 Å². The molecule has 92 valence electrons. The van der Waals surface area contributed by atoms with E-state index in [1.165, 1.54) is 12.3 Å². The van der Waals surface area contributed by atoms with Crippen molar-refractivity contribution in [2.75, 3.05) is 18.4 Å². The molecule has 1 aliphatic heterocycles. The van der Waals surface area contributed by atoms with Gasteiger partial charge >= 0.3 is 0 Å². The molecule has 0 aliphatic carbocycles. The zero-order valence-corrected chi connectivity index (χ0v) is 10.6. The normalized spacial score (nSPS) is 19.6. The first-order valence-corrected chi connectivity index (χ1v) is 6.42. The third-order valence-electron chi connectivity index (χ3n) is 2.90. The SMILES string of the molecule is O=C(c1cc([N+](=O)[O-])c[nH]1)N1CCC(CBr)C1. The van der Waals surface area contributed by atoms with E-state index in [1.807, 2.05) is 0 Å². The number of halogens is 1. The first kappa shape index (κ1) is 12.1. The monoisotopic (exact) mass is 301 g/mol. The first-order valence-electron chi connectivity index (χ1n) is 5.30. The highest BCUT2D eigenvalue weighted by Gasteiger charge is 2.27. The minimum absolute atomic E-state index is 0.0791. The van der Waals surface area contributed by atoms with Crippen molar-refractivity contribution >= 4 is 27.5 Å². The van der Waals surface area contributed by atoms with Gasteiger partial charge in [0.25, 0.3) is 11.6 Å². The van der Waals surface area contributed by atoms with Gasteiger partial charge in [-0.25, -0.2) is 0 Å². The van der Waals surface area contributed by atoms with Crippen molar-refractivity contribution in [3.05, 3.63) is 28.1 Å². The smallest absolute Gasteiger partial charge is 0.287 e. The number of nitro groups is 1. The average molecular weight is 302 g/mol. The Morgan fingerprint density at radius 3 is 3.00 bits per heavy atom. The van der Waals surface area contributed by atoms with Crippen LogP contribution >= 0.6 is 15.9 Å². The van der Waals surface area contributed by atoms with E-state index >= 15 is 0 Å². The molecule has 17 heavy (non-hydrogen) atoms. The predicted octanol–water partition coefficient (Wildman–Crippen LogP) is 1.78. The Labute approximate surface area is 106 Å². The van der Waals surface area contributed by atoms with Gasteiger partial charge in [-0.15, -0.1) is 0 Å². The Balaban J connectivity index is 2.07. The molecule has 0 bridgehead atoms. The zero-order chi connectivity index (χ0) is 12.4. The number of aromatic nitrogens is 1. The summed E-state index contributed by atoms with van der Waals surface area (Å²) in [5.74, 6) is 0.311. The maximum Gasteiger partial charge on any atom is 0.287 e. The lowest BCUT2D eigenvalue weighted by Crippen LogP contribution is -2.29. The molecule has 0 aromatic carbocycles. The standard InChI is InChI=1S/C10H12BrN3O3/c11-4-7-1-2-13(6-7)10(15)9-3-8(5-12-9)14(16)17/h3,5,7,12H,1-2,4,6H2. The molecule has 1 aromatic heterocycles. The molecule has 1 amide bonds. The largest absolute Gasteiger partial charge is 0.351 e. The lowest BCUT2D eigenvalue weighted by molar-refractivity contribution is -0.384. The molecule has 0 saturated carbocycles. The lowest BCUT2D eigenvalue weighted by atomic mass is 10.2. The summed E-state index contributed by atoms with van der Waals surface area (Å²) in [5, 5.41) is 11.4. The summed E-state index contributed by atoms with van der Waals surface area (Å²) in [5.41, 5.74) is 0.205. The Morgan fingerprint density at radius 2 is 2.47 bits per heavy atom. The van der Waals surface area contributed by atoms with E-state index in [0.29, 0.717) is 19.0 Å². The van der Waals surface area contributed by atoms with E-state index in [9.17, 15) is 14.9 Å². The van der Waals surface area contributed by atoms with Crippen LogP contribution in [0.2, 0.25) is 0 Å². The van der Waals surface area contributed by atoms with E-state index in [1.54, 1.807) is 4.90 Å². The molecular weight excluding hydrogens is 290 g/mol. The maximum atomic E-state index is 12.0. The van der Waals surface area contributed by atoms with Crippen LogP contribution in [0.1, 0.15) is 16.9 Å². The number of nitrogens with one attached hydrogen (secondary N) is 1. The fraction of sp³-hybridized carbons (Fsp3) is 0.500. The van der Waals surface area contributed by atoms with Gasteiger partial charge in [0, 0.05) is 24.5 Å². The second-order valence-electron chi connectivity index (χ2n) is 4.09. The first-order chi connectivity index (χ1) is 8.11. The summed E-state index contributed by atoms with van der Waals surface area (Å²) in [6, 6.07) is 1.28. The summed E-state index contributed by atoms with van der Waals surface area (Å²) >= 11 is 3.40. The molecular formula is C10H12BrN3O3. The predicted molar refractivity (Wildman–Crippen MR) is 65.3 cm³/mol. The molecule has 1 unspecified atom stereocenters. The van der Waals surface area contributed by atoms with Crippen LogP contribution in [0.15, 0.2) is 12.3 Å². The number of likely N-dealkylation sites (tertiary alicyclic amines) is 1. The number of aromatic amines is 1. The highest BCUT2D eigenvalue weighted by atomic mass is 79.9. The number of carbonyl (C=O) groups excluding carboxylic acids is 1. The summed E-state index contributed by atoms with van der Waals surface area (Å²) in [4.78, 5) is 26.4. The van der Waals surface area contributed by atoms with Crippen molar-refractivity contribution in [2.45, 2.75) is 6.42 Å². The molecule has 7 heteroatoms. The van der Waals surface area contributed by atoms with Crippen LogP contribution in [0.5, 0.6) is 0 Å². The fourth-order valence-corrected chi connectivity index (χ4v) is 2.45. The van der Waals surface area contributed by atoms with Crippen molar-refractivity contribution in [1.82, 2.24) is 9.88 Å². The van der Waals surface area contributed by atoms with Crippen molar-refractivity contribution in [3.63, 3.8) is 0 Å². The van der Waals surface area contributed by atoms with Gasteiger partial charge in [0.1, 0.15) is 5.69 Å². The average Bonchev–Trinajstić information content (AvgIpc) is 2.97. The Hall–Kier alpha value is -1.37. The minimum Gasteiger partial charge on any atom is -0.351 e. The molecule has 6 nitrogen and oxygen atoms in total. The summed E-state index contributed by atoms with van der Waals surface area (Å²) in [6.45, 7) is 1.42. The second kappa shape index (κ2) is 4.87.